The summed E-state index contributed by atoms with van der Waals surface area (Å²) in [6, 6.07) is 10.6. The fraction of sp³-hybridized carbons (Fsp3) is 0.500. The van der Waals surface area contributed by atoms with Crippen LogP contribution in [0.25, 0.3) is 0 Å². The summed E-state index contributed by atoms with van der Waals surface area (Å²) in [5.41, 5.74) is 1.25. The van der Waals surface area contributed by atoms with Gasteiger partial charge >= 0.3 is 0 Å². The largest absolute Gasteiger partial charge is 0.363 e. The highest BCUT2D eigenvalue weighted by Crippen LogP contribution is 2.32. The third-order valence-corrected chi connectivity index (χ3v) is 3.58. The highest BCUT2D eigenvalue weighted by atomic mass is 16.6. The van der Waals surface area contributed by atoms with Crippen molar-refractivity contribution >= 4 is 5.91 Å². The van der Waals surface area contributed by atoms with E-state index in [0.717, 1.165) is 19.4 Å². The molecule has 0 spiro atoms. The molecule has 1 aromatic carbocycles. The molecule has 3 rings (SSSR count). The van der Waals surface area contributed by atoms with E-state index < -0.39 is 0 Å². The molecule has 90 valence electrons. The van der Waals surface area contributed by atoms with Crippen molar-refractivity contribution in [3.63, 3.8) is 0 Å². The van der Waals surface area contributed by atoms with Gasteiger partial charge in [-0.15, -0.1) is 0 Å². The standard InChI is InChI=1S/C14H17NO2/c16-14(13-10-17-13)15-9-5-4-8-12(15)11-6-2-1-3-7-11/h1-3,6-7,12-13H,4-5,8-10H2. The van der Waals surface area contributed by atoms with Gasteiger partial charge in [0.25, 0.3) is 5.91 Å². The molecule has 3 nitrogen and oxygen atoms in total. The molecule has 2 aliphatic heterocycles. The lowest BCUT2D eigenvalue weighted by Gasteiger charge is -2.35. The Bertz CT molecular complexity index is 400. The zero-order chi connectivity index (χ0) is 11.7. The Kier molecular flexibility index (Phi) is 2.85. The number of carbonyl (C=O) groups excluding carboxylic acids is 1. The van der Waals surface area contributed by atoms with Crippen LogP contribution in [-0.4, -0.2) is 30.1 Å². The monoisotopic (exact) mass is 231 g/mol. The number of rotatable bonds is 2. The van der Waals surface area contributed by atoms with Crippen LogP contribution in [-0.2, 0) is 9.53 Å². The fourth-order valence-electron chi connectivity index (χ4n) is 2.59. The summed E-state index contributed by atoms with van der Waals surface area (Å²) in [5, 5.41) is 0. The van der Waals surface area contributed by atoms with Crippen LogP contribution in [0.2, 0.25) is 0 Å². The number of amides is 1. The minimum atomic E-state index is -0.153. The second kappa shape index (κ2) is 4.49. The summed E-state index contributed by atoms with van der Waals surface area (Å²) in [6.07, 6.45) is 3.23. The zero-order valence-electron chi connectivity index (χ0n) is 9.84. The summed E-state index contributed by atoms with van der Waals surface area (Å²) in [7, 11) is 0. The number of likely N-dealkylation sites (tertiary alicyclic amines) is 1. The molecule has 17 heavy (non-hydrogen) atoms. The molecule has 3 heteroatoms. The molecule has 1 aromatic rings. The molecule has 0 aliphatic carbocycles. The van der Waals surface area contributed by atoms with Gasteiger partial charge in [-0.05, 0) is 24.8 Å². The molecule has 0 bridgehead atoms. The molecule has 2 saturated heterocycles. The van der Waals surface area contributed by atoms with Gasteiger partial charge in [-0.1, -0.05) is 30.3 Å². The molecule has 2 aliphatic rings. The van der Waals surface area contributed by atoms with Crippen molar-refractivity contribution in [3.05, 3.63) is 35.9 Å². The van der Waals surface area contributed by atoms with Gasteiger partial charge in [0.1, 0.15) is 0 Å². The molecule has 0 N–H and O–H groups in total. The first-order valence-electron chi connectivity index (χ1n) is 6.33. The van der Waals surface area contributed by atoms with Crippen LogP contribution in [0.15, 0.2) is 30.3 Å². The van der Waals surface area contributed by atoms with Crippen LogP contribution < -0.4 is 0 Å². The first-order valence-corrected chi connectivity index (χ1v) is 6.33. The minimum absolute atomic E-state index is 0.153. The average molecular weight is 231 g/mol. The molecule has 2 fully saturated rings. The number of carbonyl (C=O) groups is 1. The maximum atomic E-state index is 12.1. The molecule has 0 aromatic heterocycles. The summed E-state index contributed by atoms with van der Waals surface area (Å²) in [5.74, 6) is 0.179. The Balaban J connectivity index is 1.82. The molecule has 0 radical (unpaired) electrons. The molecule has 2 atom stereocenters. The minimum Gasteiger partial charge on any atom is -0.363 e. The lowest BCUT2D eigenvalue weighted by molar-refractivity contribution is -0.136. The number of hydrogen-bond acceptors (Lipinski definition) is 2. The van der Waals surface area contributed by atoms with E-state index >= 15 is 0 Å². The van der Waals surface area contributed by atoms with E-state index in [1.165, 1.54) is 12.0 Å². The van der Waals surface area contributed by atoms with Crippen molar-refractivity contribution in [2.45, 2.75) is 31.4 Å². The maximum Gasteiger partial charge on any atom is 0.254 e. The topological polar surface area (TPSA) is 32.8 Å². The Morgan fingerprint density at radius 1 is 1.24 bits per heavy atom. The van der Waals surface area contributed by atoms with E-state index in [1.807, 2.05) is 23.1 Å². The normalized spacial score (nSPS) is 27.9. The van der Waals surface area contributed by atoms with Gasteiger partial charge in [-0.25, -0.2) is 0 Å². The SMILES string of the molecule is O=C(C1CO1)N1CCCCC1c1ccccc1. The first-order chi connectivity index (χ1) is 8.36. The van der Waals surface area contributed by atoms with E-state index in [-0.39, 0.29) is 18.1 Å². The number of epoxide rings is 1. The fourth-order valence-corrected chi connectivity index (χ4v) is 2.59. The van der Waals surface area contributed by atoms with Crippen LogP contribution in [0, 0.1) is 0 Å². The average Bonchev–Trinajstić information content (AvgIpc) is 3.23. The number of piperidine rings is 1. The number of hydrogen-bond donors (Lipinski definition) is 0. The third kappa shape index (κ3) is 2.20. The quantitative estimate of drug-likeness (QED) is 0.730. The Morgan fingerprint density at radius 3 is 2.71 bits per heavy atom. The van der Waals surface area contributed by atoms with Crippen molar-refractivity contribution in [1.82, 2.24) is 4.90 Å². The predicted octanol–water partition coefficient (Wildman–Crippen LogP) is 2.14. The Labute approximate surface area is 101 Å². The highest BCUT2D eigenvalue weighted by Gasteiger charge is 2.38. The highest BCUT2D eigenvalue weighted by molar-refractivity contribution is 5.83. The van der Waals surface area contributed by atoms with Gasteiger partial charge in [0.2, 0.25) is 0 Å². The van der Waals surface area contributed by atoms with Gasteiger partial charge in [-0.2, -0.15) is 0 Å². The van der Waals surface area contributed by atoms with Crippen molar-refractivity contribution in [1.29, 1.82) is 0 Å². The van der Waals surface area contributed by atoms with Crippen molar-refractivity contribution in [2.24, 2.45) is 0 Å². The number of benzene rings is 1. The Morgan fingerprint density at radius 2 is 2.00 bits per heavy atom. The van der Waals surface area contributed by atoms with Gasteiger partial charge in [-0.3, -0.25) is 4.79 Å². The van der Waals surface area contributed by atoms with Gasteiger partial charge in [0.15, 0.2) is 6.10 Å². The van der Waals surface area contributed by atoms with Gasteiger partial charge < -0.3 is 9.64 Å². The lowest BCUT2D eigenvalue weighted by atomic mass is 9.95. The lowest BCUT2D eigenvalue weighted by Crippen LogP contribution is -2.40. The van der Waals surface area contributed by atoms with Crippen LogP contribution in [0.1, 0.15) is 30.9 Å². The first kappa shape index (κ1) is 10.8. The van der Waals surface area contributed by atoms with E-state index in [9.17, 15) is 4.79 Å². The van der Waals surface area contributed by atoms with Crippen molar-refractivity contribution < 1.29 is 9.53 Å². The van der Waals surface area contributed by atoms with E-state index in [0.29, 0.717) is 6.61 Å². The van der Waals surface area contributed by atoms with Crippen LogP contribution >= 0.6 is 0 Å². The van der Waals surface area contributed by atoms with Crippen LogP contribution in [0.4, 0.5) is 0 Å². The molecule has 2 unspecified atom stereocenters. The molecule has 0 saturated carbocycles. The predicted molar refractivity (Wildman–Crippen MR) is 64.5 cm³/mol. The van der Waals surface area contributed by atoms with Crippen molar-refractivity contribution in [2.75, 3.05) is 13.2 Å². The van der Waals surface area contributed by atoms with Crippen LogP contribution in [0.5, 0.6) is 0 Å². The number of nitrogens with zero attached hydrogens (tertiary/aromatic N) is 1. The van der Waals surface area contributed by atoms with Gasteiger partial charge in [0, 0.05) is 6.54 Å². The van der Waals surface area contributed by atoms with E-state index in [4.69, 9.17) is 4.74 Å². The van der Waals surface area contributed by atoms with Gasteiger partial charge in [0.05, 0.1) is 12.6 Å². The summed E-state index contributed by atoms with van der Waals surface area (Å²) in [4.78, 5) is 14.2. The third-order valence-electron chi connectivity index (χ3n) is 3.58. The second-order valence-corrected chi connectivity index (χ2v) is 4.78. The van der Waals surface area contributed by atoms with Crippen molar-refractivity contribution in [3.8, 4) is 0 Å². The number of ether oxygens (including phenoxy) is 1. The Hall–Kier alpha value is -1.35. The summed E-state index contributed by atoms with van der Waals surface area (Å²) in [6.45, 7) is 1.48. The van der Waals surface area contributed by atoms with E-state index in [2.05, 4.69) is 12.1 Å². The summed E-state index contributed by atoms with van der Waals surface area (Å²) >= 11 is 0. The molecule has 2 heterocycles. The smallest absolute Gasteiger partial charge is 0.254 e. The summed E-state index contributed by atoms with van der Waals surface area (Å²) < 4.78 is 5.12. The molecule has 1 amide bonds. The zero-order valence-corrected chi connectivity index (χ0v) is 9.84. The molecular formula is C14H17NO2. The maximum absolute atomic E-state index is 12.1. The molecular weight excluding hydrogens is 214 g/mol. The van der Waals surface area contributed by atoms with E-state index in [1.54, 1.807) is 0 Å². The van der Waals surface area contributed by atoms with Crippen LogP contribution in [0.3, 0.4) is 0 Å². The second-order valence-electron chi connectivity index (χ2n) is 4.78.